The molecule has 8 heteroatoms. The van der Waals surface area contributed by atoms with Crippen molar-refractivity contribution >= 4 is 17.8 Å². The van der Waals surface area contributed by atoms with Gasteiger partial charge in [-0.1, -0.05) is 17.7 Å². The van der Waals surface area contributed by atoms with E-state index in [2.05, 4.69) is 0 Å². The minimum atomic E-state index is -0.507. The van der Waals surface area contributed by atoms with Gasteiger partial charge in [0.25, 0.3) is 5.91 Å². The van der Waals surface area contributed by atoms with Crippen LogP contribution in [0, 0.1) is 6.92 Å². The van der Waals surface area contributed by atoms with Crippen molar-refractivity contribution in [2.45, 2.75) is 20.8 Å². The highest BCUT2D eigenvalue weighted by Crippen LogP contribution is 2.15. The third-order valence-corrected chi connectivity index (χ3v) is 5.58. The molecular weight excluding hydrogens is 486 g/mol. The maximum Gasteiger partial charge on any atom is 0.338 e. The second kappa shape index (κ2) is 14.4. The van der Waals surface area contributed by atoms with Crippen molar-refractivity contribution in [3.8, 4) is 11.5 Å². The lowest BCUT2D eigenvalue weighted by atomic mass is 10.1. The minimum absolute atomic E-state index is 0.0116. The Morgan fingerprint density at radius 2 is 1.00 bits per heavy atom. The van der Waals surface area contributed by atoms with E-state index in [1.54, 1.807) is 60.7 Å². The molecule has 8 nitrogen and oxygen atoms in total. The molecule has 3 aromatic carbocycles. The number of hydrogen-bond acceptors (Lipinski definition) is 7. The van der Waals surface area contributed by atoms with E-state index in [4.69, 9.17) is 18.9 Å². The highest BCUT2D eigenvalue weighted by Gasteiger charge is 2.18. The molecule has 0 unspecified atom stereocenters. The Bertz CT molecular complexity index is 1190. The van der Waals surface area contributed by atoms with Crippen molar-refractivity contribution in [2.24, 2.45) is 0 Å². The quantitative estimate of drug-likeness (QED) is 0.295. The van der Waals surface area contributed by atoms with Crippen LogP contribution in [0.3, 0.4) is 0 Å². The molecule has 0 saturated heterocycles. The van der Waals surface area contributed by atoms with Crippen LogP contribution in [0.25, 0.3) is 0 Å². The smallest absolute Gasteiger partial charge is 0.338 e. The van der Waals surface area contributed by atoms with Crippen LogP contribution >= 0.6 is 0 Å². The number of carbonyl (C=O) groups excluding carboxylic acids is 3. The fourth-order valence-electron chi connectivity index (χ4n) is 3.57. The van der Waals surface area contributed by atoms with Crippen molar-refractivity contribution in [1.82, 2.24) is 4.90 Å². The summed E-state index contributed by atoms with van der Waals surface area (Å²) < 4.78 is 21.6. The monoisotopic (exact) mass is 519 g/mol. The molecule has 1 amide bonds. The predicted molar refractivity (Wildman–Crippen MR) is 143 cm³/mol. The average Bonchev–Trinajstić information content (AvgIpc) is 2.93. The predicted octanol–water partition coefficient (Wildman–Crippen LogP) is 4.95. The summed E-state index contributed by atoms with van der Waals surface area (Å²) in [7, 11) is 0. The summed E-state index contributed by atoms with van der Waals surface area (Å²) in [6.45, 7) is 6.96. The van der Waals surface area contributed by atoms with Gasteiger partial charge in [-0.05, 0) is 81.4 Å². The minimum Gasteiger partial charge on any atom is -0.494 e. The Morgan fingerprint density at radius 3 is 1.42 bits per heavy atom. The highest BCUT2D eigenvalue weighted by atomic mass is 16.5. The number of hydrogen-bond donors (Lipinski definition) is 0. The van der Waals surface area contributed by atoms with Crippen molar-refractivity contribution in [1.29, 1.82) is 0 Å². The van der Waals surface area contributed by atoms with Gasteiger partial charge >= 0.3 is 11.9 Å². The third-order valence-electron chi connectivity index (χ3n) is 5.58. The van der Waals surface area contributed by atoms with E-state index in [-0.39, 0.29) is 32.2 Å². The molecule has 0 N–H and O–H groups in total. The standard InChI is InChI=1S/C30H33NO7/c1-4-35-26-14-10-23(11-15-26)28(32)31(18-20-37-29(33)24-8-6-22(3)7-9-24)19-21-38-30(34)25-12-16-27(17-13-25)36-5-2/h6-17H,4-5,18-21H2,1-3H3. The van der Waals surface area contributed by atoms with Gasteiger partial charge in [0.1, 0.15) is 24.7 Å². The van der Waals surface area contributed by atoms with Crippen molar-refractivity contribution in [2.75, 3.05) is 39.5 Å². The van der Waals surface area contributed by atoms with Gasteiger partial charge < -0.3 is 23.8 Å². The molecule has 3 aromatic rings. The van der Waals surface area contributed by atoms with Gasteiger partial charge in [0, 0.05) is 5.56 Å². The van der Waals surface area contributed by atoms with Crippen LogP contribution in [0.1, 0.15) is 50.5 Å². The number of aryl methyl sites for hydroxylation is 1. The Morgan fingerprint density at radius 1 is 0.605 bits per heavy atom. The first kappa shape index (κ1) is 28.2. The topological polar surface area (TPSA) is 91.4 Å². The van der Waals surface area contributed by atoms with Gasteiger partial charge in [-0.3, -0.25) is 4.79 Å². The fourth-order valence-corrected chi connectivity index (χ4v) is 3.57. The summed E-state index contributed by atoms with van der Waals surface area (Å²) in [5.74, 6) is 0.0625. The number of nitrogens with zero attached hydrogens (tertiary/aromatic N) is 1. The van der Waals surface area contributed by atoms with Crippen molar-refractivity contribution < 1.29 is 33.3 Å². The summed E-state index contributed by atoms with van der Waals surface area (Å²) >= 11 is 0. The molecule has 38 heavy (non-hydrogen) atoms. The second-order valence-corrected chi connectivity index (χ2v) is 8.34. The molecule has 0 saturated carbocycles. The Kier molecular flexibility index (Phi) is 10.7. The van der Waals surface area contributed by atoms with Crippen LogP contribution in [0.4, 0.5) is 0 Å². The molecule has 0 aliphatic heterocycles. The molecule has 0 spiro atoms. The fraction of sp³-hybridized carbons (Fsp3) is 0.300. The maximum absolute atomic E-state index is 13.2. The van der Waals surface area contributed by atoms with Crippen LogP contribution in [-0.2, 0) is 9.47 Å². The van der Waals surface area contributed by atoms with Gasteiger partial charge in [0.05, 0.1) is 37.4 Å². The molecule has 0 aromatic heterocycles. The van der Waals surface area contributed by atoms with Gasteiger partial charge in [-0.15, -0.1) is 0 Å². The van der Waals surface area contributed by atoms with Crippen LogP contribution in [0.2, 0.25) is 0 Å². The molecule has 0 aliphatic rings. The first-order valence-corrected chi connectivity index (χ1v) is 12.6. The second-order valence-electron chi connectivity index (χ2n) is 8.34. The zero-order chi connectivity index (χ0) is 27.3. The number of rotatable bonds is 13. The van der Waals surface area contributed by atoms with Gasteiger partial charge in [0.15, 0.2) is 0 Å². The SMILES string of the molecule is CCOc1ccc(C(=O)OCCN(CCOC(=O)c2ccc(C)cc2)C(=O)c2ccc(OCC)cc2)cc1. The van der Waals surface area contributed by atoms with Crippen molar-refractivity contribution in [3.63, 3.8) is 0 Å². The maximum atomic E-state index is 13.2. The number of carbonyl (C=O) groups is 3. The molecule has 3 rings (SSSR count). The van der Waals surface area contributed by atoms with E-state index in [1.807, 2.05) is 32.9 Å². The van der Waals surface area contributed by atoms with E-state index in [9.17, 15) is 14.4 Å². The molecule has 200 valence electrons. The van der Waals surface area contributed by atoms with Crippen LogP contribution < -0.4 is 9.47 Å². The lowest BCUT2D eigenvalue weighted by Crippen LogP contribution is -2.37. The Hall–Kier alpha value is -4.33. The summed E-state index contributed by atoms with van der Waals surface area (Å²) in [6, 6.07) is 20.5. The third kappa shape index (κ3) is 8.37. The Labute approximate surface area is 223 Å². The lowest BCUT2D eigenvalue weighted by molar-refractivity contribution is 0.0362. The summed E-state index contributed by atoms with van der Waals surface area (Å²) in [6.07, 6.45) is 0. The molecule has 0 bridgehead atoms. The van der Waals surface area contributed by atoms with Crippen molar-refractivity contribution in [3.05, 3.63) is 95.1 Å². The van der Waals surface area contributed by atoms with Crippen LogP contribution in [-0.4, -0.2) is 62.3 Å². The highest BCUT2D eigenvalue weighted by molar-refractivity contribution is 5.94. The van der Waals surface area contributed by atoms with Gasteiger partial charge in [-0.25, -0.2) is 9.59 Å². The van der Waals surface area contributed by atoms with E-state index in [1.165, 1.54) is 4.90 Å². The molecule has 0 radical (unpaired) electrons. The van der Waals surface area contributed by atoms with E-state index in [0.29, 0.717) is 41.4 Å². The zero-order valence-electron chi connectivity index (χ0n) is 22.0. The first-order chi connectivity index (χ1) is 18.4. The number of esters is 2. The van der Waals surface area contributed by atoms with Crippen LogP contribution in [0.5, 0.6) is 11.5 Å². The molecule has 0 aliphatic carbocycles. The number of amides is 1. The van der Waals surface area contributed by atoms with E-state index >= 15 is 0 Å². The number of ether oxygens (including phenoxy) is 4. The largest absolute Gasteiger partial charge is 0.494 e. The first-order valence-electron chi connectivity index (χ1n) is 12.6. The molecule has 0 atom stereocenters. The zero-order valence-corrected chi connectivity index (χ0v) is 22.0. The normalized spacial score (nSPS) is 10.4. The summed E-state index contributed by atoms with van der Waals surface area (Å²) in [5, 5.41) is 0. The van der Waals surface area contributed by atoms with Gasteiger partial charge in [-0.2, -0.15) is 0 Å². The van der Waals surface area contributed by atoms with E-state index < -0.39 is 11.9 Å². The van der Waals surface area contributed by atoms with Crippen LogP contribution in [0.15, 0.2) is 72.8 Å². The van der Waals surface area contributed by atoms with E-state index in [0.717, 1.165) is 5.56 Å². The summed E-state index contributed by atoms with van der Waals surface area (Å²) in [5.41, 5.74) is 2.29. The average molecular weight is 520 g/mol. The van der Waals surface area contributed by atoms with Gasteiger partial charge in [0.2, 0.25) is 0 Å². The summed E-state index contributed by atoms with van der Waals surface area (Å²) in [4.78, 5) is 39.6. The molecule has 0 heterocycles. The lowest BCUT2D eigenvalue weighted by Gasteiger charge is -2.23. The Balaban J connectivity index is 1.61. The molecular formula is C30H33NO7. The number of benzene rings is 3. The molecule has 0 fully saturated rings.